The minimum Gasteiger partial charge on any atom is -0.478 e. The predicted octanol–water partition coefficient (Wildman–Crippen LogP) is 4.34. The third kappa shape index (κ3) is 3.29. The number of rotatable bonds is 4. The lowest BCUT2D eigenvalue weighted by molar-refractivity contribution is 0.0694. The van der Waals surface area contributed by atoms with Crippen LogP contribution in [0.3, 0.4) is 0 Å². The van der Waals surface area contributed by atoms with Crippen molar-refractivity contribution in [3.8, 4) is 0 Å². The Hall–Kier alpha value is -1.16. The smallest absolute Gasteiger partial charge is 0.338 e. The van der Waals surface area contributed by atoms with Gasteiger partial charge in [-0.25, -0.2) is 4.79 Å². The number of carboxylic acid groups (broad SMARTS) is 1. The van der Waals surface area contributed by atoms with E-state index in [0.29, 0.717) is 17.5 Å². The van der Waals surface area contributed by atoms with E-state index < -0.39 is 5.97 Å². The zero-order valence-corrected chi connectivity index (χ0v) is 13.2. The molecule has 0 heterocycles. The summed E-state index contributed by atoms with van der Waals surface area (Å²) >= 11 is 1.48. The van der Waals surface area contributed by atoms with Crippen molar-refractivity contribution < 1.29 is 9.90 Å². The van der Waals surface area contributed by atoms with E-state index >= 15 is 0 Å². The maximum atomic E-state index is 11.5. The normalized spacial score (nSPS) is 26.2. The van der Waals surface area contributed by atoms with Gasteiger partial charge in [0.1, 0.15) is 0 Å². The first-order valence-corrected chi connectivity index (χ1v) is 8.42. The number of hydrogen-bond acceptors (Lipinski definition) is 3. The van der Waals surface area contributed by atoms with Crippen molar-refractivity contribution in [1.82, 2.24) is 0 Å². The molecule has 1 aliphatic rings. The second-order valence-electron chi connectivity index (χ2n) is 5.80. The summed E-state index contributed by atoms with van der Waals surface area (Å²) in [6, 6.07) is 6.06. The Morgan fingerprint density at radius 2 is 2.05 bits per heavy atom. The van der Waals surface area contributed by atoms with Crippen molar-refractivity contribution in [2.24, 2.45) is 11.8 Å². The highest BCUT2D eigenvalue weighted by Gasteiger charge is 2.25. The van der Waals surface area contributed by atoms with Crippen LogP contribution in [0.4, 0.5) is 5.69 Å². The monoisotopic (exact) mass is 293 g/mol. The molecule has 0 aliphatic heterocycles. The van der Waals surface area contributed by atoms with Crippen LogP contribution in [0.5, 0.6) is 0 Å². The second kappa shape index (κ2) is 6.53. The first-order valence-electron chi connectivity index (χ1n) is 7.19. The topological polar surface area (TPSA) is 49.3 Å². The minimum absolute atomic E-state index is 0.386. The van der Waals surface area contributed by atoms with Gasteiger partial charge >= 0.3 is 5.97 Å². The quantitative estimate of drug-likeness (QED) is 0.811. The first-order chi connectivity index (χ1) is 9.52. The maximum absolute atomic E-state index is 11.5. The molecule has 110 valence electrons. The third-order valence-corrected chi connectivity index (χ3v) is 5.20. The van der Waals surface area contributed by atoms with Crippen LogP contribution >= 0.6 is 11.8 Å². The first kappa shape index (κ1) is 15.2. The molecule has 20 heavy (non-hydrogen) atoms. The number of aromatic carboxylic acids is 1. The van der Waals surface area contributed by atoms with Gasteiger partial charge in [-0.05, 0) is 49.5 Å². The van der Waals surface area contributed by atoms with Crippen molar-refractivity contribution in [3.05, 3.63) is 23.8 Å². The molecule has 1 aliphatic carbocycles. The largest absolute Gasteiger partial charge is 0.478 e. The van der Waals surface area contributed by atoms with E-state index in [0.717, 1.165) is 29.3 Å². The molecule has 1 fully saturated rings. The summed E-state index contributed by atoms with van der Waals surface area (Å²) in [7, 11) is 0. The highest BCUT2D eigenvalue weighted by Crippen LogP contribution is 2.33. The van der Waals surface area contributed by atoms with E-state index in [1.165, 1.54) is 18.2 Å². The van der Waals surface area contributed by atoms with Crippen molar-refractivity contribution in [3.63, 3.8) is 0 Å². The van der Waals surface area contributed by atoms with Gasteiger partial charge in [0.25, 0.3) is 0 Å². The Morgan fingerprint density at radius 1 is 1.30 bits per heavy atom. The van der Waals surface area contributed by atoms with Gasteiger partial charge in [0.2, 0.25) is 0 Å². The average Bonchev–Trinajstić information content (AvgIpc) is 2.42. The van der Waals surface area contributed by atoms with Gasteiger partial charge in [0, 0.05) is 10.9 Å². The number of benzene rings is 1. The van der Waals surface area contributed by atoms with Crippen LogP contribution in [-0.2, 0) is 0 Å². The molecule has 3 unspecified atom stereocenters. The zero-order chi connectivity index (χ0) is 14.7. The van der Waals surface area contributed by atoms with Gasteiger partial charge < -0.3 is 10.4 Å². The fraction of sp³-hybridized carbons (Fsp3) is 0.562. The second-order valence-corrected chi connectivity index (χ2v) is 6.64. The van der Waals surface area contributed by atoms with E-state index in [9.17, 15) is 9.90 Å². The summed E-state index contributed by atoms with van der Waals surface area (Å²) in [4.78, 5) is 12.3. The molecule has 0 amide bonds. The Kier molecular flexibility index (Phi) is 4.97. The van der Waals surface area contributed by atoms with Gasteiger partial charge in [-0.1, -0.05) is 19.9 Å². The third-order valence-electron chi connectivity index (χ3n) is 4.42. The van der Waals surface area contributed by atoms with E-state index in [1.54, 1.807) is 0 Å². The molecule has 1 aromatic rings. The number of carbonyl (C=O) groups is 1. The molecule has 0 bridgehead atoms. The molecule has 4 heteroatoms. The standard InChI is InChI=1S/C16H23NO2S/c1-10-7-8-12(9-11(10)2)17-13-5-4-6-14(20-3)15(13)16(18)19/h4-6,10-12,17H,7-9H2,1-3H3,(H,18,19). The van der Waals surface area contributed by atoms with Crippen molar-refractivity contribution in [2.45, 2.75) is 44.0 Å². The number of carboxylic acids is 1. The molecule has 3 nitrogen and oxygen atoms in total. The van der Waals surface area contributed by atoms with E-state index in [-0.39, 0.29) is 0 Å². The molecule has 2 rings (SSSR count). The molecule has 1 aromatic carbocycles. The molecule has 2 N–H and O–H groups in total. The van der Waals surface area contributed by atoms with E-state index in [2.05, 4.69) is 19.2 Å². The Balaban J connectivity index is 2.19. The number of hydrogen-bond donors (Lipinski definition) is 2. The number of anilines is 1. The van der Waals surface area contributed by atoms with Gasteiger partial charge in [0.05, 0.1) is 11.3 Å². The highest BCUT2D eigenvalue weighted by atomic mass is 32.2. The highest BCUT2D eigenvalue weighted by molar-refractivity contribution is 7.98. The van der Waals surface area contributed by atoms with Crippen LogP contribution in [0.2, 0.25) is 0 Å². The Morgan fingerprint density at radius 3 is 2.65 bits per heavy atom. The molecular weight excluding hydrogens is 270 g/mol. The summed E-state index contributed by atoms with van der Waals surface area (Å²) < 4.78 is 0. The van der Waals surface area contributed by atoms with Gasteiger partial charge in [-0.3, -0.25) is 0 Å². The minimum atomic E-state index is -0.852. The van der Waals surface area contributed by atoms with Crippen LogP contribution < -0.4 is 5.32 Å². The Labute approximate surface area is 125 Å². The Bertz CT molecular complexity index is 489. The fourth-order valence-corrected chi connectivity index (χ4v) is 3.56. The summed E-state index contributed by atoms with van der Waals surface area (Å²) in [5, 5.41) is 12.9. The van der Waals surface area contributed by atoms with Crippen molar-refractivity contribution in [1.29, 1.82) is 0 Å². The summed E-state index contributed by atoms with van der Waals surface area (Å²) in [6.07, 6.45) is 5.36. The van der Waals surface area contributed by atoms with E-state index in [4.69, 9.17) is 0 Å². The van der Waals surface area contributed by atoms with Gasteiger partial charge in [0.15, 0.2) is 0 Å². The lowest BCUT2D eigenvalue weighted by atomic mass is 9.79. The van der Waals surface area contributed by atoms with Crippen molar-refractivity contribution >= 4 is 23.4 Å². The van der Waals surface area contributed by atoms with Crippen LogP contribution in [0.1, 0.15) is 43.5 Å². The van der Waals surface area contributed by atoms with Gasteiger partial charge in [-0.2, -0.15) is 0 Å². The van der Waals surface area contributed by atoms with Crippen LogP contribution in [0.15, 0.2) is 23.1 Å². The molecule has 0 aromatic heterocycles. The molecule has 3 atom stereocenters. The molecule has 0 spiro atoms. The molecular formula is C16H23NO2S. The summed E-state index contributed by atoms with van der Waals surface area (Å²) in [5.41, 5.74) is 1.17. The van der Waals surface area contributed by atoms with Crippen molar-refractivity contribution in [2.75, 3.05) is 11.6 Å². The average molecular weight is 293 g/mol. The fourth-order valence-electron chi connectivity index (χ4n) is 2.94. The lowest BCUT2D eigenvalue weighted by Crippen LogP contribution is -2.31. The maximum Gasteiger partial charge on any atom is 0.338 e. The van der Waals surface area contributed by atoms with E-state index in [1.807, 2.05) is 24.5 Å². The summed E-state index contributed by atoms with van der Waals surface area (Å²) in [6.45, 7) is 4.59. The number of nitrogens with one attached hydrogen (secondary N) is 1. The van der Waals surface area contributed by atoms with Crippen LogP contribution in [-0.4, -0.2) is 23.4 Å². The SMILES string of the molecule is CSc1cccc(NC2CCC(C)C(C)C2)c1C(=O)O. The van der Waals surface area contributed by atoms with Crippen LogP contribution in [0.25, 0.3) is 0 Å². The summed E-state index contributed by atoms with van der Waals surface area (Å²) in [5.74, 6) is 0.609. The number of thioether (sulfide) groups is 1. The van der Waals surface area contributed by atoms with Gasteiger partial charge in [-0.15, -0.1) is 11.8 Å². The molecule has 1 saturated carbocycles. The molecule has 0 radical (unpaired) electrons. The van der Waals surface area contributed by atoms with Crippen LogP contribution in [0, 0.1) is 11.8 Å². The molecule has 0 saturated heterocycles. The predicted molar refractivity (Wildman–Crippen MR) is 84.8 cm³/mol. The lowest BCUT2D eigenvalue weighted by Gasteiger charge is -2.33. The zero-order valence-electron chi connectivity index (χ0n) is 12.3.